The number of rotatable bonds is 2. The SMILES string of the molecule is CC(C)(c1ccc(Cl)cc1)C1NCCc2ccc(N)cc21. The van der Waals surface area contributed by atoms with Gasteiger partial charge in [-0.2, -0.15) is 0 Å². The van der Waals surface area contributed by atoms with Gasteiger partial charge in [0.05, 0.1) is 0 Å². The van der Waals surface area contributed by atoms with E-state index in [2.05, 4.69) is 43.4 Å². The van der Waals surface area contributed by atoms with Crippen LogP contribution in [-0.4, -0.2) is 6.54 Å². The molecular formula is C18H21ClN2. The molecule has 2 aromatic rings. The average molecular weight is 301 g/mol. The number of nitrogens with one attached hydrogen (secondary N) is 1. The van der Waals surface area contributed by atoms with E-state index in [0.29, 0.717) is 0 Å². The standard InChI is InChI=1S/C18H21ClN2/c1-18(2,13-4-6-14(19)7-5-13)17-16-11-15(20)8-3-12(16)9-10-21-17/h3-8,11,17,21H,9-10,20H2,1-2H3. The van der Waals surface area contributed by atoms with Gasteiger partial charge >= 0.3 is 0 Å². The summed E-state index contributed by atoms with van der Waals surface area (Å²) in [5, 5.41) is 4.44. The van der Waals surface area contributed by atoms with Gasteiger partial charge in [0.15, 0.2) is 0 Å². The van der Waals surface area contributed by atoms with Crippen LogP contribution in [0.1, 0.15) is 36.6 Å². The Hall–Kier alpha value is -1.51. The molecule has 0 fully saturated rings. The first kappa shape index (κ1) is 14.4. The maximum Gasteiger partial charge on any atom is 0.0416 e. The summed E-state index contributed by atoms with van der Waals surface area (Å²) in [5.74, 6) is 0. The minimum atomic E-state index is -0.0342. The lowest BCUT2D eigenvalue weighted by Crippen LogP contribution is -2.41. The Morgan fingerprint density at radius 3 is 2.57 bits per heavy atom. The van der Waals surface area contributed by atoms with Crippen molar-refractivity contribution >= 4 is 17.3 Å². The Morgan fingerprint density at radius 2 is 1.86 bits per heavy atom. The van der Waals surface area contributed by atoms with E-state index in [1.807, 2.05) is 18.2 Å². The Morgan fingerprint density at radius 1 is 1.14 bits per heavy atom. The molecule has 2 nitrogen and oxygen atoms in total. The van der Waals surface area contributed by atoms with Gasteiger partial charge in [0, 0.05) is 22.2 Å². The molecule has 3 N–H and O–H groups in total. The van der Waals surface area contributed by atoms with E-state index >= 15 is 0 Å². The highest BCUT2D eigenvalue weighted by Crippen LogP contribution is 2.40. The molecule has 0 aromatic heterocycles. The summed E-state index contributed by atoms with van der Waals surface area (Å²) in [5.41, 5.74) is 10.8. The predicted molar refractivity (Wildman–Crippen MR) is 89.8 cm³/mol. The second kappa shape index (κ2) is 5.36. The van der Waals surface area contributed by atoms with E-state index < -0.39 is 0 Å². The van der Waals surface area contributed by atoms with Gasteiger partial charge in [0.1, 0.15) is 0 Å². The van der Waals surface area contributed by atoms with E-state index in [1.165, 1.54) is 16.7 Å². The summed E-state index contributed by atoms with van der Waals surface area (Å²) in [6.07, 6.45) is 1.06. The molecule has 0 aliphatic carbocycles. The molecule has 21 heavy (non-hydrogen) atoms. The molecule has 0 amide bonds. The molecule has 2 aromatic carbocycles. The van der Waals surface area contributed by atoms with Gasteiger partial charge in [0.2, 0.25) is 0 Å². The Labute approximate surface area is 131 Å². The van der Waals surface area contributed by atoms with Crippen molar-refractivity contribution in [3.63, 3.8) is 0 Å². The summed E-state index contributed by atoms with van der Waals surface area (Å²) in [6.45, 7) is 5.54. The number of hydrogen-bond donors (Lipinski definition) is 2. The predicted octanol–water partition coefficient (Wildman–Crippen LogP) is 4.09. The summed E-state index contributed by atoms with van der Waals surface area (Å²) >= 11 is 6.02. The molecule has 0 spiro atoms. The Kier molecular flexibility index (Phi) is 3.68. The number of fused-ring (bicyclic) bond motifs is 1. The average Bonchev–Trinajstić information content (AvgIpc) is 2.47. The number of nitrogen functional groups attached to an aromatic ring is 1. The topological polar surface area (TPSA) is 38.0 Å². The van der Waals surface area contributed by atoms with E-state index in [1.54, 1.807) is 0 Å². The molecule has 1 atom stereocenters. The van der Waals surface area contributed by atoms with Gasteiger partial charge in [-0.3, -0.25) is 0 Å². The molecule has 3 heteroatoms. The van der Waals surface area contributed by atoms with Crippen LogP contribution < -0.4 is 11.1 Å². The third kappa shape index (κ3) is 2.66. The zero-order valence-electron chi connectivity index (χ0n) is 12.5. The minimum Gasteiger partial charge on any atom is -0.399 e. The lowest BCUT2D eigenvalue weighted by molar-refractivity contribution is 0.335. The van der Waals surface area contributed by atoms with Crippen molar-refractivity contribution in [3.05, 3.63) is 64.2 Å². The molecule has 1 unspecified atom stereocenters. The van der Waals surface area contributed by atoms with Crippen LogP contribution in [0.25, 0.3) is 0 Å². The number of benzene rings is 2. The molecule has 0 radical (unpaired) electrons. The van der Waals surface area contributed by atoms with Crippen LogP contribution in [0.3, 0.4) is 0 Å². The maximum absolute atomic E-state index is 6.02. The monoisotopic (exact) mass is 300 g/mol. The van der Waals surface area contributed by atoms with Crippen molar-refractivity contribution < 1.29 is 0 Å². The lowest BCUT2D eigenvalue weighted by Gasteiger charge is -2.40. The van der Waals surface area contributed by atoms with Crippen molar-refractivity contribution in [2.75, 3.05) is 12.3 Å². The summed E-state index contributed by atoms with van der Waals surface area (Å²) in [6, 6.07) is 14.7. The number of anilines is 1. The summed E-state index contributed by atoms with van der Waals surface area (Å²) < 4.78 is 0. The second-order valence-corrected chi connectivity index (χ2v) is 6.76. The quantitative estimate of drug-likeness (QED) is 0.820. The smallest absolute Gasteiger partial charge is 0.0416 e. The van der Waals surface area contributed by atoms with E-state index in [4.69, 9.17) is 17.3 Å². The number of halogens is 1. The third-order valence-electron chi connectivity index (χ3n) is 4.53. The van der Waals surface area contributed by atoms with Crippen molar-refractivity contribution in [2.24, 2.45) is 0 Å². The fraction of sp³-hybridized carbons (Fsp3) is 0.333. The number of hydrogen-bond acceptors (Lipinski definition) is 2. The highest BCUT2D eigenvalue weighted by molar-refractivity contribution is 6.30. The summed E-state index contributed by atoms with van der Waals surface area (Å²) in [7, 11) is 0. The lowest BCUT2D eigenvalue weighted by atomic mass is 9.72. The van der Waals surface area contributed by atoms with Crippen LogP contribution in [-0.2, 0) is 11.8 Å². The van der Waals surface area contributed by atoms with Gasteiger partial charge in [0.25, 0.3) is 0 Å². The molecule has 1 aliphatic rings. The largest absolute Gasteiger partial charge is 0.399 e. The van der Waals surface area contributed by atoms with Crippen LogP contribution in [0, 0.1) is 0 Å². The summed E-state index contributed by atoms with van der Waals surface area (Å²) in [4.78, 5) is 0. The highest BCUT2D eigenvalue weighted by atomic mass is 35.5. The first-order chi connectivity index (χ1) is 9.98. The fourth-order valence-corrected chi connectivity index (χ4v) is 3.39. The molecule has 110 valence electrons. The van der Waals surface area contributed by atoms with E-state index in [-0.39, 0.29) is 11.5 Å². The van der Waals surface area contributed by atoms with Gasteiger partial charge in [-0.25, -0.2) is 0 Å². The molecular weight excluding hydrogens is 280 g/mol. The van der Waals surface area contributed by atoms with Crippen molar-refractivity contribution in [1.82, 2.24) is 5.32 Å². The van der Waals surface area contributed by atoms with Crippen LogP contribution in [0.4, 0.5) is 5.69 Å². The molecule has 0 saturated carbocycles. The Balaban J connectivity index is 2.04. The van der Waals surface area contributed by atoms with Gasteiger partial charge < -0.3 is 11.1 Å². The second-order valence-electron chi connectivity index (χ2n) is 6.32. The van der Waals surface area contributed by atoms with Crippen LogP contribution in [0.2, 0.25) is 5.02 Å². The molecule has 0 saturated heterocycles. The minimum absolute atomic E-state index is 0.0342. The third-order valence-corrected chi connectivity index (χ3v) is 4.79. The molecule has 0 bridgehead atoms. The molecule has 3 rings (SSSR count). The number of nitrogens with two attached hydrogens (primary N) is 1. The highest BCUT2D eigenvalue weighted by Gasteiger charge is 2.35. The van der Waals surface area contributed by atoms with Crippen LogP contribution in [0.5, 0.6) is 0 Å². The Bertz CT molecular complexity index is 647. The molecule has 1 heterocycles. The van der Waals surface area contributed by atoms with E-state index in [0.717, 1.165) is 23.7 Å². The van der Waals surface area contributed by atoms with Gasteiger partial charge in [-0.1, -0.05) is 43.6 Å². The molecule has 1 aliphatic heterocycles. The normalized spacial score (nSPS) is 18.3. The van der Waals surface area contributed by atoms with Crippen molar-refractivity contribution in [2.45, 2.75) is 31.7 Å². The first-order valence-electron chi connectivity index (χ1n) is 7.36. The fourth-order valence-electron chi connectivity index (χ4n) is 3.26. The van der Waals surface area contributed by atoms with Gasteiger partial charge in [-0.05, 0) is 53.9 Å². The van der Waals surface area contributed by atoms with E-state index in [9.17, 15) is 0 Å². The van der Waals surface area contributed by atoms with Crippen LogP contribution in [0.15, 0.2) is 42.5 Å². The van der Waals surface area contributed by atoms with Crippen molar-refractivity contribution in [3.8, 4) is 0 Å². The van der Waals surface area contributed by atoms with Gasteiger partial charge in [-0.15, -0.1) is 0 Å². The first-order valence-corrected chi connectivity index (χ1v) is 7.74. The maximum atomic E-state index is 6.02. The van der Waals surface area contributed by atoms with Crippen LogP contribution >= 0.6 is 11.6 Å². The zero-order chi connectivity index (χ0) is 15.0. The zero-order valence-corrected chi connectivity index (χ0v) is 13.2. The van der Waals surface area contributed by atoms with Crippen molar-refractivity contribution in [1.29, 1.82) is 0 Å².